The molecule has 1 aliphatic rings. The van der Waals surface area contributed by atoms with Gasteiger partial charge in [0.2, 0.25) is 0 Å². The first-order chi connectivity index (χ1) is 11.0. The highest BCUT2D eigenvalue weighted by Crippen LogP contribution is 2.30. The maximum atomic E-state index is 12.3. The van der Waals surface area contributed by atoms with Gasteiger partial charge in [-0.15, -0.1) is 0 Å². The maximum Gasteiger partial charge on any atom is 0.262 e. The number of ether oxygens (including phenoxy) is 1. The van der Waals surface area contributed by atoms with Gasteiger partial charge in [0.05, 0.1) is 11.7 Å². The normalized spacial score (nSPS) is 14.3. The Bertz CT molecular complexity index is 759. The van der Waals surface area contributed by atoms with E-state index in [1.54, 1.807) is 18.2 Å². The molecule has 0 fully saturated rings. The Hall–Kier alpha value is -2.34. The van der Waals surface area contributed by atoms with Gasteiger partial charge in [-0.2, -0.15) is 0 Å². The van der Waals surface area contributed by atoms with Crippen LogP contribution < -0.4 is 15.4 Å². The van der Waals surface area contributed by atoms with Gasteiger partial charge in [0.1, 0.15) is 5.75 Å². The molecule has 0 aliphatic carbocycles. The molecule has 2 aromatic carbocycles. The monoisotopic (exact) mass is 374 g/mol. The average molecular weight is 375 g/mol. The van der Waals surface area contributed by atoms with Crippen LogP contribution in [0.5, 0.6) is 5.75 Å². The quantitative estimate of drug-likeness (QED) is 0.866. The number of hydrogen-bond donors (Lipinski definition) is 2. The summed E-state index contributed by atoms with van der Waals surface area (Å²) < 4.78 is 6.25. The molecule has 0 saturated carbocycles. The topological polar surface area (TPSA) is 67.4 Å². The fourth-order valence-electron chi connectivity index (χ4n) is 2.33. The third-order valence-electron chi connectivity index (χ3n) is 3.59. The molecule has 0 saturated heterocycles. The highest BCUT2D eigenvalue weighted by atomic mass is 79.9. The Kier molecular flexibility index (Phi) is 4.34. The molecule has 3 rings (SSSR count). The zero-order chi connectivity index (χ0) is 16.4. The lowest BCUT2D eigenvalue weighted by Crippen LogP contribution is -2.28. The van der Waals surface area contributed by atoms with Crippen LogP contribution in [0.1, 0.15) is 28.9 Å². The van der Waals surface area contributed by atoms with Gasteiger partial charge in [0.15, 0.2) is 6.61 Å². The van der Waals surface area contributed by atoms with E-state index in [-0.39, 0.29) is 24.5 Å². The minimum absolute atomic E-state index is 0.0300. The minimum Gasteiger partial charge on any atom is -0.482 e. The predicted molar refractivity (Wildman–Crippen MR) is 90.6 cm³/mol. The number of nitrogens with one attached hydrogen (secondary N) is 2. The second-order valence-electron chi connectivity index (χ2n) is 5.29. The molecule has 0 aromatic heterocycles. The summed E-state index contributed by atoms with van der Waals surface area (Å²) in [6, 6.07) is 12.5. The van der Waals surface area contributed by atoms with Gasteiger partial charge < -0.3 is 15.4 Å². The molecule has 1 aliphatic heterocycles. The Morgan fingerprint density at radius 2 is 2.00 bits per heavy atom. The van der Waals surface area contributed by atoms with Crippen molar-refractivity contribution in [2.75, 3.05) is 11.9 Å². The van der Waals surface area contributed by atoms with Crippen molar-refractivity contribution in [3.05, 3.63) is 58.1 Å². The van der Waals surface area contributed by atoms with E-state index >= 15 is 0 Å². The molecule has 0 bridgehead atoms. The van der Waals surface area contributed by atoms with Crippen LogP contribution in [-0.4, -0.2) is 18.4 Å². The molecular formula is C17H15BrN2O3. The summed E-state index contributed by atoms with van der Waals surface area (Å²) in [6.45, 7) is 1.92. The molecule has 0 radical (unpaired) electrons. The average Bonchev–Trinajstić information content (AvgIpc) is 2.54. The van der Waals surface area contributed by atoms with Crippen molar-refractivity contribution < 1.29 is 14.3 Å². The first kappa shape index (κ1) is 15.6. The molecule has 23 heavy (non-hydrogen) atoms. The number of halogens is 1. The van der Waals surface area contributed by atoms with Gasteiger partial charge in [-0.25, -0.2) is 0 Å². The molecule has 1 unspecified atom stereocenters. The summed E-state index contributed by atoms with van der Waals surface area (Å²) in [5.74, 6) is 0.309. The maximum absolute atomic E-state index is 12.3. The number of hydrogen-bond acceptors (Lipinski definition) is 3. The summed E-state index contributed by atoms with van der Waals surface area (Å²) in [5.41, 5.74) is 2.11. The predicted octanol–water partition coefficient (Wildman–Crippen LogP) is 3.27. The summed E-state index contributed by atoms with van der Waals surface area (Å²) in [6.07, 6.45) is 0. The molecule has 5 nitrogen and oxygen atoms in total. The number of anilines is 1. The summed E-state index contributed by atoms with van der Waals surface area (Å²) >= 11 is 3.34. The van der Waals surface area contributed by atoms with Crippen LogP contribution in [-0.2, 0) is 4.79 Å². The van der Waals surface area contributed by atoms with Crippen molar-refractivity contribution in [3.63, 3.8) is 0 Å². The summed E-state index contributed by atoms with van der Waals surface area (Å²) in [7, 11) is 0. The second-order valence-corrected chi connectivity index (χ2v) is 6.21. The van der Waals surface area contributed by atoms with E-state index in [9.17, 15) is 9.59 Å². The molecule has 6 heteroatoms. The fraction of sp³-hybridized carbons (Fsp3) is 0.176. The standard InChI is InChI=1S/C17H15BrN2O3/c1-10(19-17(22)11-2-5-13(18)6-3-11)12-4-7-15-14(8-12)20-16(21)9-23-15/h2-8,10H,9H2,1H3,(H,19,22)(H,20,21). The van der Waals surface area contributed by atoms with Crippen LogP contribution in [0, 0.1) is 0 Å². The SMILES string of the molecule is CC(NC(=O)c1ccc(Br)cc1)c1ccc2c(c1)NC(=O)CO2. The molecular weight excluding hydrogens is 360 g/mol. The molecule has 118 valence electrons. The Labute approximate surface area is 142 Å². The fourth-order valence-corrected chi connectivity index (χ4v) is 2.60. The number of carbonyl (C=O) groups is 2. The van der Waals surface area contributed by atoms with E-state index in [4.69, 9.17) is 4.74 Å². The van der Waals surface area contributed by atoms with Crippen LogP contribution in [0.15, 0.2) is 46.9 Å². The van der Waals surface area contributed by atoms with Crippen LogP contribution in [0.25, 0.3) is 0 Å². The van der Waals surface area contributed by atoms with Gasteiger partial charge >= 0.3 is 0 Å². The smallest absolute Gasteiger partial charge is 0.262 e. The van der Waals surface area contributed by atoms with Gasteiger partial charge in [-0.05, 0) is 48.9 Å². The molecule has 1 atom stereocenters. The summed E-state index contributed by atoms with van der Waals surface area (Å²) in [5, 5.41) is 5.71. The van der Waals surface area contributed by atoms with Gasteiger partial charge in [-0.1, -0.05) is 22.0 Å². The van der Waals surface area contributed by atoms with E-state index in [1.165, 1.54) is 0 Å². The lowest BCUT2D eigenvalue weighted by molar-refractivity contribution is -0.118. The zero-order valence-corrected chi connectivity index (χ0v) is 14.0. The minimum atomic E-state index is -0.199. The van der Waals surface area contributed by atoms with Gasteiger partial charge in [0.25, 0.3) is 11.8 Å². The number of amides is 2. The highest BCUT2D eigenvalue weighted by Gasteiger charge is 2.18. The van der Waals surface area contributed by atoms with Gasteiger partial charge in [-0.3, -0.25) is 9.59 Å². The van der Waals surface area contributed by atoms with E-state index in [0.29, 0.717) is 17.0 Å². The van der Waals surface area contributed by atoms with Crippen molar-refractivity contribution in [1.82, 2.24) is 5.32 Å². The lowest BCUT2D eigenvalue weighted by Gasteiger charge is -2.21. The van der Waals surface area contributed by atoms with Crippen molar-refractivity contribution in [2.24, 2.45) is 0 Å². The van der Waals surface area contributed by atoms with Crippen molar-refractivity contribution >= 4 is 33.4 Å². The molecule has 2 aromatic rings. The molecule has 0 spiro atoms. The van der Waals surface area contributed by atoms with Crippen molar-refractivity contribution in [1.29, 1.82) is 0 Å². The van der Waals surface area contributed by atoms with E-state index < -0.39 is 0 Å². The van der Waals surface area contributed by atoms with Crippen LogP contribution >= 0.6 is 15.9 Å². The van der Waals surface area contributed by atoms with Crippen molar-refractivity contribution in [3.8, 4) is 5.75 Å². The second kappa shape index (κ2) is 6.42. The van der Waals surface area contributed by atoms with Gasteiger partial charge in [0, 0.05) is 10.0 Å². The van der Waals surface area contributed by atoms with E-state index in [2.05, 4.69) is 26.6 Å². The third kappa shape index (κ3) is 3.53. The van der Waals surface area contributed by atoms with Crippen molar-refractivity contribution in [2.45, 2.75) is 13.0 Å². The number of rotatable bonds is 3. The van der Waals surface area contributed by atoms with Crippen LogP contribution in [0.4, 0.5) is 5.69 Å². The first-order valence-corrected chi connectivity index (χ1v) is 7.95. The molecule has 1 heterocycles. The Morgan fingerprint density at radius 3 is 2.74 bits per heavy atom. The largest absolute Gasteiger partial charge is 0.482 e. The summed E-state index contributed by atoms with van der Waals surface area (Å²) in [4.78, 5) is 23.6. The lowest BCUT2D eigenvalue weighted by atomic mass is 10.1. The van der Waals surface area contributed by atoms with Crippen LogP contribution in [0.2, 0.25) is 0 Å². The van der Waals surface area contributed by atoms with E-state index in [1.807, 2.05) is 31.2 Å². The Balaban J connectivity index is 1.74. The van der Waals surface area contributed by atoms with E-state index in [0.717, 1.165) is 10.0 Å². The third-order valence-corrected chi connectivity index (χ3v) is 4.12. The number of benzene rings is 2. The number of fused-ring (bicyclic) bond motifs is 1. The molecule has 2 amide bonds. The first-order valence-electron chi connectivity index (χ1n) is 7.16. The highest BCUT2D eigenvalue weighted by molar-refractivity contribution is 9.10. The number of carbonyl (C=O) groups excluding carboxylic acids is 2. The van der Waals surface area contributed by atoms with Crippen LogP contribution in [0.3, 0.4) is 0 Å². The molecule has 2 N–H and O–H groups in total. The zero-order valence-electron chi connectivity index (χ0n) is 12.4. The Morgan fingerprint density at radius 1 is 1.26 bits per heavy atom.